The summed E-state index contributed by atoms with van der Waals surface area (Å²) in [6.07, 6.45) is 16.6. The number of nitrogens with one attached hydrogen (secondary N) is 1. The molecule has 2 aromatic rings. The third kappa shape index (κ3) is 17.0. The summed E-state index contributed by atoms with van der Waals surface area (Å²) in [6, 6.07) is 15.7. The van der Waals surface area contributed by atoms with Gasteiger partial charge in [0.15, 0.2) is 6.23 Å². The van der Waals surface area contributed by atoms with E-state index in [9.17, 15) is 15.3 Å². The Balaban J connectivity index is 0.0000120. The third-order valence-corrected chi connectivity index (χ3v) is 10.7. The molecule has 0 heterocycles. The van der Waals surface area contributed by atoms with Crippen LogP contribution in [0.4, 0.5) is 0 Å². The van der Waals surface area contributed by atoms with Crippen molar-refractivity contribution in [3.8, 4) is 11.5 Å². The van der Waals surface area contributed by atoms with Crippen molar-refractivity contribution in [2.75, 3.05) is 39.4 Å². The Kier molecular flexibility index (Phi) is 25.1. The van der Waals surface area contributed by atoms with Gasteiger partial charge >= 0.3 is 0 Å². The Morgan fingerprint density at radius 3 is 1.88 bits per heavy atom. The Bertz CT molecular complexity index is 1090. The van der Waals surface area contributed by atoms with E-state index in [4.69, 9.17) is 4.74 Å². The number of phenols is 2. The van der Waals surface area contributed by atoms with E-state index in [0.717, 1.165) is 80.2 Å². The average Bonchev–Trinajstić information content (AvgIpc) is 3.09. The number of para-hydroxylation sites is 2. The fraction of sp³-hybridized carbons (Fsp3) is 0.714. The number of ether oxygens (including phenoxy) is 1. The Morgan fingerprint density at radius 2 is 1.31 bits per heavy atom. The molecule has 0 spiro atoms. The van der Waals surface area contributed by atoms with E-state index in [1.54, 1.807) is 12.1 Å². The maximum absolute atomic E-state index is 10.7. The van der Waals surface area contributed by atoms with Crippen LogP contribution in [-0.4, -0.2) is 71.5 Å². The van der Waals surface area contributed by atoms with E-state index in [0.29, 0.717) is 36.5 Å². The number of quaternary nitrogens is 1. The van der Waals surface area contributed by atoms with Gasteiger partial charge in [-0.2, -0.15) is 0 Å². The fourth-order valence-electron chi connectivity index (χ4n) is 7.51. The van der Waals surface area contributed by atoms with Gasteiger partial charge in [0.2, 0.25) is 0 Å². The largest absolute Gasteiger partial charge is 1.00 e. The highest BCUT2D eigenvalue weighted by atomic mass is 79.9. The van der Waals surface area contributed by atoms with Gasteiger partial charge in [0.05, 0.1) is 26.3 Å². The minimum absolute atomic E-state index is 0. The highest BCUT2D eigenvalue weighted by Crippen LogP contribution is 2.29. The highest BCUT2D eigenvalue weighted by Gasteiger charge is 2.39. The molecule has 0 aliphatic carbocycles. The molecule has 0 saturated carbocycles. The van der Waals surface area contributed by atoms with Gasteiger partial charge in [0.25, 0.3) is 0 Å². The minimum Gasteiger partial charge on any atom is -1.00 e. The highest BCUT2D eigenvalue weighted by molar-refractivity contribution is 5.32. The summed E-state index contributed by atoms with van der Waals surface area (Å²) in [6.45, 7) is 15.3. The molecule has 5 unspecified atom stereocenters. The lowest BCUT2D eigenvalue weighted by atomic mass is 9.89. The van der Waals surface area contributed by atoms with E-state index in [1.807, 2.05) is 36.4 Å². The molecule has 7 heteroatoms. The van der Waals surface area contributed by atoms with Gasteiger partial charge in [0.1, 0.15) is 18.0 Å². The Hall–Kier alpha value is -1.64. The second-order valence-electron chi connectivity index (χ2n) is 14.3. The van der Waals surface area contributed by atoms with Crippen LogP contribution in [0.1, 0.15) is 129 Å². The lowest BCUT2D eigenvalue weighted by Gasteiger charge is -2.46. The van der Waals surface area contributed by atoms with E-state index in [2.05, 4.69) is 39.9 Å². The molecule has 0 radical (unpaired) electrons. The maximum atomic E-state index is 10.7. The van der Waals surface area contributed by atoms with Gasteiger partial charge in [-0.25, -0.2) is 0 Å². The molecule has 0 bridgehead atoms. The van der Waals surface area contributed by atoms with Crippen molar-refractivity contribution in [3.63, 3.8) is 0 Å². The third-order valence-electron chi connectivity index (χ3n) is 10.7. The molecule has 2 aromatic carbocycles. The number of hydrogen-bond donors (Lipinski definition) is 4. The molecule has 4 N–H and O–H groups in total. The van der Waals surface area contributed by atoms with Crippen molar-refractivity contribution in [2.24, 2.45) is 11.8 Å². The number of halogens is 1. The van der Waals surface area contributed by atoms with E-state index in [1.165, 1.54) is 51.4 Å². The summed E-state index contributed by atoms with van der Waals surface area (Å²) in [5.41, 5.74) is 1.97. The molecule has 6 nitrogen and oxygen atoms in total. The van der Waals surface area contributed by atoms with Crippen LogP contribution in [-0.2, 0) is 17.6 Å². The van der Waals surface area contributed by atoms with Crippen LogP contribution in [0.3, 0.4) is 0 Å². The number of nitrogens with zero attached hydrogens (tertiary/aromatic N) is 1. The summed E-state index contributed by atoms with van der Waals surface area (Å²) >= 11 is 0. The van der Waals surface area contributed by atoms with E-state index < -0.39 is 0 Å². The van der Waals surface area contributed by atoms with Crippen molar-refractivity contribution in [1.82, 2.24) is 5.32 Å². The molecule has 49 heavy (non-hydrogen) atoms. The summed E-state index contributed by atoms with van der Waals surface area (Å²) in [5, 5.41) is 35.7. The van der Waals surface area contributed by atoms with E-state index in [-0.39, 0.29) is 35.9 Å². The summed E-state index contributed by atoms with van der Waals surface area (Å²) in [5.74, 6) is 1.95. The topological polar surface area (TPSA) is 82.0 Å². The van der Waals surface area contributed by atoms with Gasteiger partial charge in [0, 0.05) is 31.3 Å². The van der Waals surface area contributed by atoms with Gasteiger partial charge < -0.3 is 42.4 Å². The predicted octanol–water partition coefficient (Wildman–Crippen LogP) is 6.40. The van der Waals surface area contributed by atoms with Crippen LogP contribution in [0.15, 0.2) is 48.5 Å². The first-order valence-electron chi connectivity index (χ1n) is 19.7. The molecule has 0 aromatic heterocycles. The lowest BCUT2D eigenvalue weighted by Crippen LogP contribution is -3.00. The number of aliphatic hydroxyl groups excluding tert-OH is 1. The monoisotopic (exact) mass is 748 g/mol. The van der Waals surface area contributed by atoms with Crippen molar-refractivity contribution in [1.29, 1.82) is 0 Å². The molecule has 0 aliphatic heterocycles. The van der Waals surface area contributed by atoms with Gasteiger partial charge in [-0.3, -0.25) is 4.48 Å². The zero-order valence-electron chi connectivity index (χ0n) is 31.9. The van der Waals surface area contributed by atoms with Crippen LogP contribution in [0.25, 0.3) is 0 Å². The SMILES string of the molecule is CCCCCC(OCCNC(Cc1ccccc1O)CC(CC)CCCC)[N+](CCO)(CCc1ccccc1O)CC(CC)CCCC.[Br-]. The number of rotatable bonds is 29. The molecule has 5 atom stereocenters. The Labute approximate surface area is 311 Å². The number of aromatic hydroxyl groups is 2. The molecular formula is C42H73BrN2O4. The Morgan fingerprint density at radius 1 is 0.714 bits per heavy atom. The zero-order valence-corrected chi connectivity index (χ0v) is 33.4. The number of hydrogen-bond acceptors (Lipinski definition) is 5. The summed E-state index contributed by atoms with van der Waals surface area (Å²) < 4.78 is 7.71. The first-order chi connectivity index (χ1) is 23.4. The quantitative estimate of drug-likeness (QED) is 0.0440. The fourth-order valence-corrected chi connectivity index (χ4v) is 7.51. The summed E-state index contributed by atoms with van der Waals surface area (Å²) in [7, 11) is 0. The number of benzene rings is 2. The van der Waals surface area contributed by atoms with Crippen molar-refractivity contribution in [2.45, 2.75) is 143 Å². The van der Waals surface area contributed by atoms with E-state index >= 15 is 0 Å². The predicted molar refractivity (Wildman–Crippen MR) is 202 cm³/mol. The second-order valence-corrected chi connectivity index (χ2v) is 14.3. The first-order valence-corrected chi connectivity index (χ1v) is 19.7. The number of unbranched alkanes of at least 4 members (excludes halogenated alkanes) is 4. The van der Waals surface area contributed by atoms with Crippen LogP contribution in [0.2, 0.25) is 0 Å². The average molecular weight is 750 g/mol. The van der Waals surface area contributed by atoms with Crippen LogP contribution >= 0.6 is 0 Å². The van der Waals surface area contributed by atoms with Gasteiger partial charge in [-0.05, 0) is 61.3 Å². The zero-order chi connectivity index (χ0) is 35.0. The van der Waals surface area contributed by atoms with Crippen LogP contribution in [0.5, 0.6) is 11.5 Å². The summed E-state index contributed by atoms with van der Waals surface area (Å²) in [4.78, 5) is 0. The number of aliphatic hydroxyl groups is 1. The molecule has 0 saturated heterocycles. The van der Waals surface area contributed by atoms with Gasteiger partial charge in [-0.15, -0.1) is 0 Å². The maximum Gasteiger partial charge on any atom is 0.193 e. The smallest absolute Gasteiger partial charge is 0.193 e. The molecule has 282 valence electrons. The van der Waals surface area contributed by atoms with Crippen LogP contribution < -0.4 is 22.3 Å². The normalized spacial score (nSPS) is 15.2. The molecule has 0 aliphatic rings. The lowest BCUT2D eigenvalue weighted by molar-refractivity contribution is -0.975. The second kappa shape index (κ2) is 27.1. The standard InChI is InChI=1S/C42H72N2O4.BrH/c1-6-11-14-25-42(44(29-30-45,34-36(10-5)20-13-8-3)28-26-37-21-15-17-23-40(37)46)48-31-27-43-39(32-35(9-4)19-12-7-2)33-38-22-16-18-24-41(38)47;/h15-18,21-24,35-36,39,42-43,45H,6-14,19-20,25-34H2,1-5H3,(H-,46,47);1H. The first kappa shape index (κ1) is 45.4. The minimum atomic E-state index is -0.0170. The molecule has 0 amide bonds. The molecule has 2 rings (SSSR count). The van der Waals surface area contributed by atoms with Crippen molar-refractivity contribution < 1.29 is 41.5 Å². The number of phenolic OH excluding ortho intramolecular Hbond substituents is 2. The molecule has 0 fully saturated rings. The van der Waals surface area contributed by atoms with Gasteiger partial charge in [-0.1, -0.05) is 122 Å². The van der Waals surface area contributed by atoms with Crippen molar-refractivity contribution >= 4 is 0 Å². The van der Waals surface area contributed by atoms with Crippen molar-refractivity contribution in [3.05, 3.63) is 59.7 Å². The molecular weight excluding hydrogens is 676 g/mol. The van der Waals surface area contributed by atoms with Crippen LogP contribution in [0, 0.1) is 11.8 Å².